The van der Waals surface area contributed by atoms with Crippen LogP contribution in [0.25, 0.3) is 0 Å². The fourth-order valence-electron chi connectivity index (χ4n) is 2.70. The molecule has 1 N–H and O–H groups in total. The van der Waals surface area contributed by atoms with Crippen molar-refractivity contribution in [1.82, 2.24) is 20.0 Å². The van der Waals surface area contributed by atoms with Crippen molar-refractivity contribution in [2.45, 2.75) is 47.0 Å². The topological polar surface area (TPSA) is 21.8 Å². The van der Waals surface area contributed by atoms with Crippen LogP contribution in [0.15, 0.2) is 0 Å². The van der Waals surface area contributed by atoms with Crippen LogP contribution in [0.1, 0.15) is 47.0 Å². The van der Waals surface area contributed by atoms with Gasteiger partial charge in [-0.2, -0.15) is 0 Å². The van der Waals surface area contributed by atoms with E-state index in [-0.39, 0.29) is 14.9 Å². The molecule has 3 saturated heterocycles. The van der Waals surface area contributed by atoms with E-state index < -0.39 is 0 Å². The number of piperazine rings is 1. The molecular formula is C18H44N4. The molecule has 0 spiro atoms. The Bertz CT molecular complexity index is 189. The van der Waals surface area contributed by atoms with E-state index in [4.69, 9.17) is 0 Å². The third kappa shape index (κ3) is 13.5. The van der Waals surface area contributed by atoms with E-state index >= 15 is 0 Å². The van der Waals surface area contributed by atoms with Crippen molar-refractivity contribution in [2.75, 3.05) is 73.5 Å². The minimum absolute atomic E-state index is 0. The van der Waals surface area contributed by atoms with Gasteiger partial charge in [-0.15, -0.1) is 0 Å². The molecule has 0 bridgehead atoms. The lowest BCUT2D eigenvalue weighted by molar-refractivity contribution is 0.277. The molecule has 0 aromatic carbocycles. The van der Waals surface area contributed by atoms with Crippen molar-refractivity contribution in [1.29, 1.82) is 0 Å². The summed E-state index contributed by atoms with van der Waals surface area (Å²) in [6, 6.07) is 0. The van der Waals surface area contributed by atoms with Crippen molar-refractivity contribution in [3.05, 3.63) is 0 Å². The average Bonchev–Trinajstić information content (AvgIpc) is 2.93. The third-order valence-electron chi connectivity index (χ3n) is 4.25. The van der Waals surface area contributed by atoms with Gasteiger partial charge in [0, 0.05) is 26.2 Å². The van der Waals surface area contributed by atoms with Gasteiger partial charge in [0.05, 0.1) is 0 Å². The number of hydrogen-bond acceptors (Lipinski definition) is 4. The van der Waals surface area contributed by atoms with Gasteiger partial charge >= 0.3 is 0 Å². The molecule has 0 aromatic heterocycles. The Morgan fingerprint density at radius 3 is 1.00 bits per heavy atom. The van der Waals surface area contributed by atoms with Crippen LogP contribution in [-0.2, 0) is 0 Å². The summed E-state index contributed by atoms with van der Waals surface area (Å²) in [7, 11) is 6.52. The van der Waals surface area contributed by atoms with E-state index in [9.17, 15) is 0 Å². The van der Waals surface area contributed by atoms with Crippen LogP contribution >= 0.6 is 0 Å². The number of likely N-dealkylation sites (N-methyl/N-ethyl adjacent to an activating group) is 1. The molecule has 0 radical (unpaired) electrons. The van der Waals surface area contributed by atoms with Gasteiger partial charge in [0.15, 0.2) is 0 Å². The smallest absolute Gasteiger partial charge is 0.0104 e. The summed E-state index contributed by atoms with van der Waals surface area (Å²) in [4.78, 5) is 7.08. The summed E-state index contributed by atoms with van der Waals surface area (Å²) in [5, 5.41) is 3.27. The van der Waals surface area contributed by atoms with Crippen molar-refractivity contribution in [2.24, 2.45) is 0 Å². The molecule has 3 aliphatic rings. The molecule has 3 fully saturated rings. The van der Waals surface area contributed by atoms with E-state index in [0.717, 1.165) is 13.1 Å². The maximum atomic E-state index is 3.27. The minimum Gasteiger partial charge on any atom is -0.314 e. The Balaban J connectivity index is 0. The zero-order valence-corrected chi connectivity index (χ0v) is 14.0. The van der Waals surface area contributed by atoms with Gasteiger partial charge in [0.1, 0.15) is 0 Å². The van der Waals surface area contributed by atoms with Gasteiger partial charge < -0.3 is 20.0 Å². The normalized spacial score (nSPS) is 23.0. The molecule has 0 amide bonds. The van der Waals surface area contributed by atoms with Crippen LogP contribution in [0.2, 0.25) is 0 Å². The number of piperidine rings is 1. The van der Waals surface area contributed by atoms with E-state index in [1.807, 2.05) is 0 Å². The molecule has 0 saturated carbocycles. The second-order valence-electron chi connectivity index (χ2n) is 6.43. The largest absolute Gasteiger partial charge is 0.314 e. The lowest BCUT2D eigenvalue weighted by Gasteiger charge is -2.21. The van der Waals surface area contributed by atoms with Gasteiger partial charge in [-0.25, -0.2) is 0 Å². The first-order chi connectivity index (χ1) is 9.68. The lowest BCUT2D eigenvalue weighted by atomic mass is 10.1. The van der Waals surface area contributed by atoms with Crippen molar-refractivity contribution in [3.8, 4) is 0 Å². The van der Waals surface area contributed by atoms with Crippen molar-refractivity contribution >= 4 is 0 Å². The SMILES string of the molecule is C.C.CN1CCCC1.CN1CCCCC1.CN1CCNCC1. The van der Waals surface area contributed by atoms with Crippen molar-refractivity contribution in [3.63, 3.8) is 0 Å². The van der Waals surface area contributed by atoms with Gasteiger partial charge in [0.25, 0.3) is 0 Å². The van der Waals surface area contributed by atoms with Crippen molar-refractivity contribution < 1.29 is 0 Å². The standard InChI is InChI=1S/C6H13N.C5H12N2.C5H11N.2CH4/c1-7-5-3-2-4-6-7;1-7-4-2-6-3-5-7;1-6-4-2-3-5-6;;/h2-6H2,1H3;6H,2-5H2,1H3;2-5H2,1H3;2*1H4. The van der Waals surface area contributed by atoms with Crippen LogP contribution in [0.4, 0.5) is 0 Å². The Morgan fingerprint density at radius 2 is 0.818 bits per heavy atom. The van der Waals surface area contributed by atoms with Gasteiger partial charge in [-0.3, -0.25) is 0 Å². The second kappa shape index (κ2) is 15.7. The van der Waals surface area contributed by atoms with Crippen LogP contribution < -0.4 is 5.32 Å². The second-order valence-corrected chi connectivity index (χ2v) is 6.43. The summed E-state index contributed by atoms with van der Waals surface area (Å²) in [5.41, 5.74) is 0. The van der Waals surface area contributed by atoms with Crippen LogP contribution in [0, 0.1) is 0 Å². The summed E-state index contributed by atoms with van der Waals surface area (Å²) >= 11 is 0. The molecule has 0 aliphatic carbocycles. The number of hydrogen-bond donors (Lipinski definition) is 1. The number of nitrogens with zero attached hydrogens (tertiary/aromatic N) is 3. The summed E-state index contributed by atoms with van der Waals surface area (Å²) in [5.74, 6) is 0. The molecule has 3 heterocycles. The molecule has 3 rings (SSSR count). The molecule has 0 aromatic rings. The molecule has 0 atom stereocenters. The van der Waals surface area contributed by atoms with Crippen LogP contribution in [0.5, 0.6) is 0 Å². The fourth-order valence-corrected chi connectivity index (χ4v) is 2.70. The fraction of sp³-hybridized carbons (Fsp3) is 1.00. The molecule has 0 unspecified atom stereocenters. The highest BCUT2D eigenvalue weighted by atomic mass is 15.2. The monoisotopic (exact) mass is 316 g/mol. The lowest BCUT2D eigenvalue weighted by Crippen LogP contribution is -2.40. The molecule has 3 aliphatic heterocycles. The molecule has 136 valence electrons. The maximum Gasteiger partial charge on any atom is 0.0104 e. The zero-order chi connectivity index (χ0) is 14.6. The maximum absolute atomic E-state index is 3.27. The summed E-state index contributed by atoms with van der Waals surface area (Å²) < 4.78 is 0. The first-order valence-electron chi connectivity index (χ1n) is 8.45. The van der Waals surface area contributed by atoms with Gasteiger partial charge in [-0.1, -0.05) is 21.3 Å². The first-order valence-corrected chi connectivity index (χ1v) is 8.45. The zero-order valence-electron chi connectivity index (χ0n) is 14.0. The minimum atomic E-state index is 0. The Labute approximate surface area is 141 Å². The third-order valence-corrected chi connectivity index (χ3v) is 4.25. The average molecular weight is 317 g/mol. The quantitative estimate of drug-likeness (QED) is 0.741. The van der Waals surface area contributed by atoms with Crippen LogP contribution in [-0.4, -0.2) is 88.2 Å². The summed E-state index contributed by atoms with van der Waals surface area (Å²) in [6.45, 7) is 10.0. The molecule has 22 heavy (non-hydrogen) atoms. The van der Waals surface area contributed by atoms with E-state index in [0.29, 0.717) is 0 Å². The predicted molar refractivity (Wildman–Crippen MR) is 102 cm³/mol. The number of likely N-dealkylation sites (tertiary alicyclic amines) is 2. The van der Waals surface area contributed by atoms with Gasteiger partial charge in [0.2, 0.25) is 0 Å². The molecular weight excluding hydrogens is 272 g/mol. The Hall–Kier alpha value is -0.160. The van der Waals surface area contributed by atoms with Gasteiger partial charge in [-0.05, 0) is 73.0 Å². The highest BCUT2D eigenvalue weighted by molar-refractivity contribution is 4.62. The predicted octanol–water partition coefficient (Wildman–Crippen LogP) is 2.61. The molecule has 4 heteroatoms. The highest BCUT2D eigenvalue weighted by Crippen LogP contribution is 2.04. The molecule has 4 nitrogen and oxygen atoms in total. The van der Waals surface area contributed by atoms with E-state index in [1.165, 1.54) is 71.4 Å². The highest BCUT2D eigenvalue weighted by Gasteiger charge is 2.03. The van der Waals surface area contributed by atoms with Crippen LogP contribution in [0.3, 0.4) is 0 Å². The van der Waals surface area contributed by atoms with E-state index in [1.54, 1.807) is 0 Å². The summed E-state index contributed by atoms with van der Waals surface area (Å²) in [6.07, 6.45) is 7.10. The Kier molecular flexibility index (Phi) is 17.2. The van der Waals surface area contributed by atoms with E-state index in [2.05, 4.69) is 41.2 Å². The number of nitrogens with one attached hydrogen (secondary N) is 1. The Morgan fingerprint density at radius 1 is 0.500 bits per heavy atom. The first kappa shape index (κ1) is 24.1. The number of rotatable bonds is 0.